The molecule has 0 aliphatic rings. The molecule has 0 radical (unpaired) electrons. The molecular weight excluding hydrogens is 271 g/mol. The van der Waals surface area contributed by atoms with Gasteiger partial charge in [-0.15, -0.1) is 0 Å². The van der Waals surface area contributed by atoms with Gasteiger partial charge in [0.25, 0.3) is 0 Å². The molecule has 0 atom stereocenters. The number of benzene rings is 1. The Morgan fingerprint density at radius 2 is 2.21 bits per heavy atom. The molecule has 0 bridgehead atoms. The molecule has 0 unspecified atom stereocenters. The molecular formula is C12H15FN2O3S. The van der Waals surface area contributed by atoms with Crippen molar-refractivity contribution in [1.82, 2.24) is 4.72 Å². The van der Waals surface area contributed by atoms with Crippen LogP contribution in [-0.4, -0.2) is 27.4 Å². The molecule has 5 nitrogen and oxygen atoms in total. The number of hydrogen-bond donors (Lipinski definition) is 1. The minimum Gasteiger partial charge on any atom is -0.381 e. The highest BCUT2D eigenvalue weighted by molar-refractivity contribution is 7.89. The molecule has 104 valence electrons. The minimum atomic E-state index is -3.49. The topological polar surface area (TPSA) is 79.2 Å². The molecule has 7 heteroatoms. The van der Waals surface area contributed by atoms with Crippen molar-refractivity contribution in [2.24, 2.45) is 0 Å². The van der Waals surface area contributed by atoms with Gasteiger partial charge in [0.1, 0.15) is 5.82 Å². The van der Waals surface area contributed by atoms with Crippen molar-refractivity contribution in [3.63, 3.8) is 0 Å². The summed E-state index contributed by atoms with van der Waals surface area (Å²) < 4.78 is 43.8. The Kier molecular flexibility index (Phi) is 5.89. The van der Waals surface area contributed by atoms with E-state index in [1.54, 1.807) is 13.0 Å². The normalized spacial score (nSPS) is 11.2. The molecule has 1 N–H and O–H groups in total. The van der Waals surface area contributed by atoms with E-state index in [4.69, 9.17) is 10.00 Å². The largest absolute Gasteiger partial charge is 0.381 e. The van der Waals surface area contributed by atoms with Crippen LogP contribution in [0, 0.1) is 17.1 Å². The Balaban J connectivity index is 2.59. The molecule has 0 fully saturated rings. The first-order valence-corrected chi connectivity index (χ1v) is 7.37. The average molecular weight is 286 g/mol. The van der Waals surface area contributed by atoms with E-state index < -0.39 is 15.8 Å². The summed E-state index contributed by atoms with van der Waals surface area (Å²) in [5.74, 6) is -0.773. The third-order valence-electron chi connectivity index (χ3n) is 2.37. The maximum atomic E-state index is 13.5. The van der Waals surface area contributed by atoms with Crippen molar-refractivity contribution >= 4 is 10.0 Å². The Morgan fingerprint density at radius 1 is 1.47 bits per heavy atom. The first-order valence-electron chi connectivity index (χ1n) is 5.72. The van der Waals surface area contributed by atoms with Crippen LogP contribution in [0.5, 0.6) is 0 Å². The molecule has 0 aliphatic carbocycles. The molecule has 0 spiro atoms. The van der Waals surface area contributed by atoms with Crippen molar-refractivity contribution in [2.75, 3.05) is 19.0 Å². The van der Waals surface area contributed by atoms with E-state index in [-0.39, 0.29) is 30.0 Å². The number of halogens is 1. The van der Waals surface area contributed by atoms with Gasteiger partial charge in [0.05, 0.1) is 24.0 Å². The van der Waals surface area contributed by atoms with Gasteiger partial charge in [0.2, 0.25) is 10.0 Å². The summed E-state index contributed by atoms with van der Waals surface area (Å²) >= 11 is 0. The Morgan fingerprint density at radius 3 is 2.79 bits per heavy atom. The highest BCUT2D eigenvalue weighted by atomic mass is 32.2. The highest BCUT2D eigenvalue weighted by Gasteiger charge is 2.11. The molecule has 0 saturated carbocycles. The van der Waals surface area contributed by atoms with Crippen LogP contribution >= 0.6 is 0 Å². The third kappa shape index (κ3) is 5.34. The van der Waals surface area contributed by atoms with Crippen LogP contribution in [0.15, 0.2) is 18.2 Å². The minimum absolute atomic E-state index is 0.0989. The molecule has 1 aromatic rings. The lowest BCUT2D eigenvalue weighted by Gasteiger charge is -2.07. The third-order valence-corrected chi connectivity index (χ3v) is 3.65. The van der Waals surface area contributed by atoms with Crippen molar-refractivity contribution in [3.8, 4) is 6.07 Å². The van der Waals surface area contributed by atoms with Crippen molar-refractivity contribution < 1.29 is 17.5 Å². The van der Waals surface area contributed by atoms with Crippen LogP contribution in [0.1, 0.15) is 18.1 Å². The van der Waals surface area contributed by atoms with Crippen molar-refractivity contribution in [1.29, 1.82) is 5.26 Å². The summed E-state index contributed by atoms with van der Waals surface area (Å²) in [5, 5.41) is 8.59. The van der Waals surface area contributed by atoms with E-state index in [1.807, 2.05) is 0 Å². The SMILES string of the molecule is CCOCCS(=O)(=O)NCc1ccc(C#N)cc1F. The van der Waals surface area contributed by atoms with Gasteiger partial charge >= 0.3 is 0 Å². The summed E-state index contributed by atoms with van der Waals surface area (Å²) in [6.07, 6.45) is 0. The van der Waals surface area contributed by atoms with Crippen LogP contribution in [-0.2, 0) is 21.3 Å². The Bertz CT molecular complexity index is 567. The molecule has 1 aromatic carbocycles. The van der Waals surface area contributed by atoms with E-state index in [9.17, 15) is 12.8 Å². The lowest BCUT2D eigenvalue weighted by molar-refractivity contribution is 0.163. The monoisotopic (exact) mass is 286 g/mol. The summed E-state index contributed by atoms with van der Waals surface area (Å²) in [6, 6.07) is 5.70. The van der Waals surface area contributed by atoms with E-state index in [0.29, 0.717) is 6.61 Å². The summed E-state index contributed by atoms with van der Waals surface area (Å²) in [4.78, 5) is 0. The zero-order chi connectivity index (χ0) is 14.3. The van der Waals surface area contributed by atoms with Crippen LogP contribution in [0.2, 0.25) is 0 Å². The van der Waals surface area contributed by atoms with Crippen LogP contribution in [0.4, 0.5) is 4.39 Å². The predicted molar refractivity (Wildman–Crippen MR) is 68.2 cm³/mol. The first kappa shape index (κ1) is 15.6. The van der Waals surface area contributed by atoms with Gasteiger partial charge in [0.15, 0.2) is 0 Å². The lowest BCUT2D eigenvalue weighted by Crippen LogP contribution is -2.28. The molecule has 19 heavy (non-hydrogen) atoms. The fraction of sp³-hybridized carbons (Fsp3) is 0.417. The molecule has 1 rings (SSSR count). The standard InChI is InChI=1S/C12H15FN2O3S/c1-2-18-5-6-19(16,17)15-9-11-4-3-10(8-14)7-12(11)13/h3-4,7,15H,2,5-6,9H2,1H3. The molecule has 0 heterocycles. The number of hydrogen-bond acceptors (Lipinski definition) is 4. The van der Waals surface area contributed by atoms with Crippen LogP contribution < -0.4 is 4.72 Å². The van der Waals surface area contributed by atoms with Crippen LogP contribution in [0.3, 0.4) is 0 Å². The van der Waals surface area contributed by atoms with Gasteiger partial charge in [-0.05, 0) is 19.1 Å². The number of rotatable bonds is 7. The number of nitrogens with zero attached hydrogens (tertiary/aromatic N) is 1. The first-order chi connectivity index (χ1) is 8.98. The van der Waals surface area contributed by atoms with Gasteiger partial charge in [-0.2, -0.15) is 5.26 Å². The smallest absolute Gasteiger partial charge is 0.214 e. The summed E-state index contributed by atoms with van der Waals surface area (Å²) in [7, 11) is -3.49. The number of nitriles is 1. The fourth-order valence-corrected chi connectivity index (χ4v) is 2.19. The Labute approximate surface area is 112 Å². The molecule has 0 saturated heterocycles. The zero-order valence-electron chi connectivity index (χ0n) is 10.5. The average Bonchev–Trinajstić information content (AvgIpc) is 2.37. The Hall–Kier alpha value is -1.49. The highest BCUT2D eigenvalue weighted by Crippen LogP contribution is 2.10. The van der Waals surface area contributed by atoms with Gasteiger partial charge in [-0.25, -0.2) is 17.5 Å². The zero-order valence-corrected chi connectivity index (χ0v) is 11.3. The molecule has 0 aliphatic heterocycles. The van der Waals surface area contributed by atoms with Crippen molar-refractivity contribution in [3.05, 3.63) is 35.1 Å². The summed E-state index contributed by atoms with van der Waals surface area (Å²) in [5.41, 5.74) is 0.388. The number of ether oxygens (including phenoxy) is 1. The second-order valence-electron chi connectivity index (χ2n) is 3.75. The second-order valence-corrected chi connectivity index (χ2v) is 5.68. The predicted octanol–water partition coefficient (Wildman–Crippen LogP) is 1.15. The number of nitrogens with one attached hydrogen (secondary N) is 1. The van der Waals surface area contributed by atoms with Gasteiger partial charge in [-0.1, -0.05) is 6.07 Å². The molecule has 0 amide bonds. The maximum absolute atomic E-state index is 13.5. The van der Waals surface area contributed by atoms with Crippen LogP contribution in [0.25, 0.3) is 0 Å². The van der Waals surface area contributed by atoms with Gasteiger partial charge < -0.3 is 4.74 Å². The van der Waals surface area contributed by atoms with Gasteiger partial charge in [0, 0.05) is 18.7 Å². The van der Waals surface area contributed by atoms with E-state index >= 15 is 0 Å². The molecule has 0 aromatic heterocycles. The number of sulfonamides is 1. The lowest BCUT2D eigenvalue weighted by atomic mass is 10.1. The van der Waals surface area contributed by atoms with E-state index in [0.717, 1.165) is 6.07 Å². The fourth-order valence-electron chi connectivity index (χ4n) is 1.33. The van der Waals surface area contributed by atoms with Gasteiger partial charge in [-0.3, -0.25) is 0 Å². The summed E-state index contributed by atoms with van der Waals surface area (Å²) in [6.45, 7) is 2.17. The second kappa shape index (κ2) is 7.19. The maximum Gasteiger partial charge on any atom is 0.214 e. The van der Waals surface area contributed by atoms with Crippen molar-refractivity contribution in [2.45, 2.75) is 13.5 Å². The van der Waals surface area contributed by atoms with E-state index in [1.165, 1.54) is 12.1 Å². The van der Waals surface area contributed by atoms with E-state index in [2.05, 4.69) is 4.72 Å². The quantitative estimate of drug-likeness (QED) is 0.763.